The van der Waals surface area contributed by atoms with E-state index >= 15 is 0 Å². The highest BCUT2D eigenvalue weighted by Gasteiger charge is 2.54. The Bertz CT molecular complexity index is 1040. The van der Waals surface area contributed by atoms with Gasteiger partial charge in [0.25, 0.3) is 0 Å². The van der Waals surface area contributed by atoms with E-state index in [2.05, 4.69) is 10.6 Å². The van der Waals surface area contributed by atoms with E-state index in [1.807, 2.05) is 33.3 Å². The molecule has 2 aromatic rings. The van der Waals surface area contributed by atoms with Crippen molar-refractivity contribution in [3.8, 4) is 11.5 Å². The van der Waals surface area contributed by atoms with Gasteiger partial charge < -0.3 is 30.3 Å². The summed E-state index contributed by atoms with van der Waals surface area (Å²) in [5.41, 5.74) is 2.50. The molecule has 4 N–H and O–H groups in total. The van der Waals surface area contributed by atoms with Crippen LogP contribution in [0.4, 0.5) is 0 Å². The molecule has 3 unspecified atom stereocenters. The van der Waals surface area contributed by atoms with Crippen molar-refractivity contribution < 1.29 is 34.1 Å². The van der Waals surface area contributed by atoms with Crippen LogP contribution in [-0.2, 0) is 4.79 Å². The smallest absolute Gasteiger partial charge is 0.341 e. The fourth-order valence-corrected chi connectivity index (χ4v) is 4.99. The van der Waals surface area contributed by atoms with Crippen molar-refractivity contribution in [3.63, 3.8) is 0 Å². The number of ether oxygens (including phenoxy) is 2. The summed E-state index contributed by atoms with van der Waals surface area (Å²) >= 11 is 0. The van der Waals surface area contributed by atoms with Crippen LogP contribution in [0.5, 0.6) is 11.5 Å². The van der Waals surface area contributed by atoms with Gasteiger partial charge in [-0.1, -0.05) is 12.1 Å². The Kier molecular flexibility index (Phi) is 9.58. The van der Waals surface area contributed by atoms with Gasteiger partial charge in [0, 0.05) is 23.1 Å². The van der Waals surface area contributed by atoms with Gasteiger partial charge in [0.2, 0.25) is 0 Å². The zero-order valence-corrected chi connectivity index (χ0v) is 20.8. The van der Waals surface area contributed by atoms with Gasteiger partial charge in [0.05, 0.1) is 18.3 Å². The Hall–Kier alpha value is -3.27. The van der Waals surface area contributed by atoms with Gasteiger partial charge in [-0.3, -0.25) is 9.59 Å². The summed E-state index contributed by atoms with van der Waals surface area (Å²) in [5, 5.41) is 23.7. The average molecular weight is 499 g/mol. The molecule has 194 valence electrons. The number of nitrogens with one attached hydrogen (secondary N) is 2. The van der Waals surface area contributed by atoms with Crippen molar-refractivity contribution in [1.29, 1.82) is 0 Å². The van der Waals surface area contributed by atoms with E-state index in [1.165, 1.54) is 6.07 Å². The normalized spacial score (nSPS) is 24.5. The number of carbonyl (C=O) groups is 3. The van der Waals surface area contributed by atoms with Crippen LogP contribution in [0, 0.1) is 11.8 Å². The molecule has 2 fully saturated rings. The first-order valence-corrected chi connectivity index (χ1v) is 12.0. The largest absolute Gasteiger partial charge is 0.492 e. The van der Waals surface area contributed by atoms with Crippen LogP contribution in [0.15, 0.2) is 36.4 Å². The standard InChI is InChI=1S/C18H14O6.C7H13NO.C2H7N/c19-7-11-5-13(8-20)18-15(6-11)16(9-24-18)12-1-3-14(4-2-12)23-10-17(21)22;1-8-7-5-2-4(9)3-6(5)7;1-3-2/h1-8,16H,9-10H2,(H,21,22);4-9H,2-3H2,1H3;3H,1-2H3. The van der Waals surface area contributed by atoms with Crippen molar-refractivity contribution >= 4 is 18.5 Å². The summed E-state index contributed by atoms with van der Waals surface area (Å²) in [7, 11) is 5.76. The fraction of sp³-hybridized carbons (Fsp3) is 0.444. The minimum Gasteiger partial charge on any atom is -0.492 e. The van der Waals surface area contributed by atoms with Crippen molar-refractivity contribution in [2.45, 2.75) is 30.9 Å². The molecule has 0 bridgehead atoms. The Labute approximate surface area is 210 Å². The van der Waals surface area contributed by atoms with Gasteiger partial charge in [-0.2, -0.15) is 0 Å². The summed E-state index contributed by atoms with van der Waals surface area (Å²) < 4.78 is 10.7. The number of hydrogen-bond donors (Lipinski definition) is 4. The maximum atomic E-state index is 11.2. The third-order valence-electron chi connectivity index (χ3n) is 6.60. The first-order chi connectivity index (χ1) is 17.4. The second kappa shape index (κ2) is 12.6. The second-order valence-corrected chi connectivity index (χ2v) is 9.15. The SMILES string of the molecule is CNC.CNC1C2CC(O)CC21.O=Cc1cc(C=O)c2c(c1)C(c1ccc(OCC(=O)O)cc1)CO2. The molecule has 9 heteroatoms. The number of aliphatic hydroxyl groups is 1. The molecule has 0 radical (unpaired) electrons. The molecule has 0 aromatic heterocycles. The van der Waals surface area contributed by atoms with Crippen LogP contribution in [0.25, 0.3) is 0 Å². The molecule has 2 aliphatic carbocycles. The highest BCUT2D eigenvalue weighted by Crippen LogP contribution is 2.51. The highest BCUT2D eigenvalue weighted by molar-refractivity contribution is 5.86. The van der Waals surface area contributed by atoms with Gasteiger partial charge in [-0.15, -0.1) is 0 Å². The topological polar surface area (TPSA) is 134 Å². The molecule has 36 heavy (non-hydrogen) atoms. The Morgan fingerprint density at radius 2 is 1.72 bits per heavy atom. The van der Waals surface area contributed by atoms with E-state index in [4.69, 9.17) is 19.7 Å². The number of aldehydes is 2. The van der Waals surface area contributed by atoms with E-state index in [0.29, 0.717) is 41.8 Å². The summed E-state index contributed by atoms with van der Waals surface area (Å²) in [4.78, 5) is 32.8. The van der Waals surface area contributed by atoms with E-state index in [1.54, 1.807) is 18.2 Å². The molecule has 2 saturated carbocycles. The van der Waals surface area contributed by atoms with E-state index in [0.717, 1.165) is 41.8 Å². The monoisotopic (exact) mass is 498 g/mol. The Morgan fingerprint density at radius 1 is 1.08 bits per heavy atom. The van der Waals surface area contributed by atoms with Crippen LogP contribution in [-0.4, -0.2) is 75.3 Å². The number of fused-ring (bicyclic) bond motifs is 2. The maximum Gasteiger partial charge on any atom is 0.341 e. The van der Waals surface area contributed by atoms with E-state index in [9.17, 15) is 14.4 Å². The molecule has 0 amide bonds. The minimum atomic E-state index is -1.04. The molecule has 3 aliphatic rings. The summed E-state index contributed by atoms with van der Waals surface area (Å²) in [6, 6.07) is 11.0. The molecule has 5 rings (SSSR count). The van der Waals surface area contributed by atoms with Crippen molar-refractivity contribution in [3.05, 3.63) is 58.7 Å². The quantitative estimate of drug-likeness (QED) is 0.424. The number of rotatable bonds is 7. The Morgan fingerprint density at radius 3 is 2.25 bits per heavy atom. The van der Waals surface area contributed by atoms with Crippen LogP contribution >= 0.6 is 0 Å². The lowest BCUT2D eigenvalue weighted by Gasteiger charge is -2.11. The van der Waals surface area contributed by atoms with Crippen LogP contribution in [0.2, 0.25) is 0 Å². The number of carboxylic acids is 1. The molecule has 0 spiro atoms. The number of carboxylic acid groups (broad SMARTS) is 1. The molecular weight excluding hydrogens is 464 g/mol. The van der Waals surface area contributed by atoms with Gasteiger partial charge in [0.15, 0.2) is 12.9 Å². The van der Waals surface area contributed by atoms with Crippen molar-refractivity contribution in [1.82, 2.24) is 10.6 Å². The molecule has 0 saturated heterocycles. The van der Waals surface area contributed by atoms with Gasteiger partial charge in [-0.05, 0) is 75.6 Å². The van der Waals surface area contributed by atoms with Gasteiger partial charge in [0.1, 0.15) is 17.8 Å². The lowest BCUT2D eigenvalue weighted by atomic mass is 9.91. The number of hydrogen-bond acceptors (Lipinski definition) is 8. The summed E-state index contributed by atoms with van der Waals surface area (Å²) in [5.74, 6) is 1.43. The lowest BCUT2D eigenvalue weighted by Crippen LogP contribution is -2.18. The number of benzene rings is 2. The minimum absolute atomic E-state index is 0.0181. The van der Waals surface area contributed by atoms with Crippen LogP contribution < -0.4 is 20.1 Å². The Balaban J connectivity index is 0.000000247. The van der Waals surface area contributed by atoms with Gasteiger partial charge in [-0.25, -0.2) is 4.79 Å². The van der Waals surface area contributed by atoms with Gasteiger partial charge >= 0.3 is 5.97 Å². The number of aliphatic carboxylic acids is 1. The molecule has 9 nitrogen and oxygen atoms in total. The summed E-state index contributed by atoms with van der Waals surface area (Å²) in [6.07, 6.45) is 3.47. The predicted molar refractivity (Wildman–Crippen MR) is 134 cm³/mol. The summed E-state index contributed by atoms with van der Waals surface area (Å²) in [6.45, 7) is -0.0338. The molecule has 2 aromatic carbocycles. The van der Waals surface area contributed by atoms with Crippen LogP contribution in [0.1, 0.15) is 50.6 Å². The third-order valence-corrected chi connectivity index (χ3v) is 6.60. The first kappa shape index (κ1) is 27.3. The highest BCUT2D eigenvalue weighted by atomic mass is 16.5. The number of aliphatic hydroxyl groups excluding tert-OH is 1. The van der Waals surface area contributed by atoms with E-state index in [-0.39, 0.29) is 12.0 Å². The zero-order valence-electron chi connectivity index (χ0n) is 20.8. The lowest BCUT2D eigenvalue weighted by molar-refractivity contribution is -0.139. The molecule has 1 aliphatic heterocycles. The molecule has 3 atom stereocenters. The van der Waals surface area contributed by atoms with E-state index < -0.39 is 12.6 Å². The number of carbonyl (C=O) groups excluding carboxylic acids is 2. The predicted octanol–water partition coefficient (Wildman–Crippen LogP) is 2.11. The van der Waals surface area contributed by atoms with Crippen molar-refractivity contribution in [2.24, 2.45) is 11.8 Å². The first-order valence-electron chi connectivity index (χ1n) is 12.0. The van der Waals surface area contributed by atoms with Crippen molar-refractivity contribution in [2.75, 3.05) is 34.4 Å². The second-order valence-electron chi connectivity index (χ2n) is 9.15. The zero-order chi connectivity index (χ0) is 26.2. The van der Waals surface area contributed by atoms with Crippen LogP contribution in [0.3, 0.4) is 0 Å². The fourth-order valence-electron chi connectivity index (χ4n) is 4.99. The average Bonchev–Trinajstić information content (AvgIpc) is 3.17. The maximum absolute atomic E-state index is 11.2. The molecular formula is C27H34N2O7. The third kappa shape index (κ3) is 6.48. The molecule has 1 heterocycles.